The van der Waals surface area contributed by atoms with Crippen molar-refractivity contribution >= 4 is 6.09 Å². The number of carbonyl (C=O) groups excluding carboxylic acids is 1. The second kappa shape index (κ2) is 6.17. The fraction of sp³-hybridized carbons (Fsp3) is 0.500. The molecule has 0 aliphatic carbocycles. The Morgan fingerprint density at radius 2 is 2.10 bits per heavy atom. The molecule has 0 aromatic heterocycles. The van der Waals surface area contributed by atoms with E-state index in [0.717, 1.165) is 10.5 Å². The number of nitrogens with zero attached hydrogens (tertiary/aromatic N) is 1. The second-order valence-electron chi connectivity index (χ2n) is 4.89. The molecule has 1 fully saturated rings. The Labute approximate surface area is 116 Å². The number of aliphatic hydroxyl groups is 1. The fourth-order valence-electron chi connectivity index (χ4n) is 2.26. The normalized spacial score (nSPS) is 20.9. The number of hydrogen-bond acceptors (Lipinski definition) is 3. The van der Waals surface area contributed by atoms with Gasteiger partial charge in [-0.25, -0.2) is 13.6 Å². The molecule has 1 aliphatic rings. The molecule has 1 heterocycles. The van der Waals surface area contributed by atoms with Crippen LogP contribution in [-0.2, 0) is 11.3 Å². The number of halogens is 2. The highest BCUT2D eigenvalue weighted by molar-refractivity contribution is 5.68. The van der Waals surface area contributed by atoms with Gasteiger partial charge in [-0.1, -0.05) is 30.3 Å². The van der Waals surface area contributed by atoms with Crippen molar-refractivity contribution < 1.29 is 23.4 Å². The third kappa shape index (κ3) is 3.45. The summed E-state index contributed by atoms with van der Waals surface area (Å²) in [5, 5.41) is 8.77. The van der Waals surface area contributed by atoms with Gasteiger partial charge in [0.05, 0.1) is 6.54 Å². The summed E-state index contributed by atoms with van der Waals surface area (Å²) in [6, 6.07) is 9.04. The summed E-state index contributed by atoms with van der Waals surface area (Å²) in [4.78, 5) is 12.8. The zero-order valence-electron chi connectivity index (χ0n) is 11.0. The van der Waals surface area contributed by atoms with E-state index in [4.69, 9.17) is 9.84 Å². The van der Waals surface area contributed by atoms with Gasteiger partial charge in [0.1, 0.15) is 6.61 Å². The van der Waals surface area contributed by atoms with Crippen LogP contribution in [0, 0.1) is 5.92 Å². The lowest BCUT2D eigenvalue weighted by Gasteiger charge is -2.15. The largest absolute Gasteiger partial charge is 0.445 e. The Morgan fingerprint density at radius 1 is 1.40 bits per heavy atom. The molecule has 1 aromatic carbocycles. The maximum Gasteiger partial charge on any atom is 0.410 e. The molecule has 2 rings (SSSR count). The van der Waals surface area contributed by atoms with Gasteiger partial charge in [0, 0.05) is 19.1 Å². The highest BCUT2D eigenvalue weighted by Gasteiger charge is 2.49. The maximum absolute atomic E-state index is 13.6. The molecule has 0 spiro atoms. The molecule has 1 atom stereocenters. The van der Waals surface area contributed by atoms with Gasteiger partial charge < -0.3 is 14.7 Å². The molecule has 0 bridgehead atoms. The first-order chi connectivity index (χ1) is 9.53. The number of likely N-dealkylation sites (tertiary alicyclic amines) is 1. The van der Waals surface area contributed by atoms with Gasteiger partial charge >= 0.3 is 6.09 Å². The van der Waals surface area contributed by atoms with Gasteiger partial charge in [0.15, 0.2) is 0 Å². The summed E-state index contributed by atoms with van der Waals surface area (Å²) < 4.78 is 32.2. The lowest BCUT2D eigenvalue weighted by atomic mass is 10.0. The Kier molecular flexibility index (Phi) is 4.54. The first-order valence-electron chi connectivity index (χ1n) is 6.47. The van der Waals surface area contributed by atoms with Gasteiger partial charge in [-0.2, -0.15) is 0 Å². The molecule has 0 radical (unpaired) electrons. The third-order valence-electron chi connectivity index (χ3n) is 3.38. The van der Waals surface area contributed by atoms with E-state index in [0.29, 0.717) is 0 Å². The summed E-state index contributed by atoms with van der Waals surface area (Å²) in [5.74, 6) is -3.97. The summed E-state index contributed by atoms with van der Waals surface area (Å²) in [6.45, 7) is -0.980. The fourth-order valence-corrected chi connectivity index (χ4v) is 2.26. The number of ether oxygens (including phenoxy) is 1. The number of alkyl halides is 2. The van der Waals surface area contributed by atoms with Crippen molar-refractivity contribution in [3.63, 3.8) is 0 Å². The zero-order chi connectivity index (χ0) is 14.6. The van der Waals surface area contributed by atoms with Gasteiger partial charge in [-0.05, 0) is 12.0 Å². The van der Waals surface area contributed by atoms with Crippen LogP contribution in [0.25, 0.3) is 0 Å². The summed E-state index contributed by atoms with van der Waals surface area (Å²) in [7, 11) is 0. The zero-order valence-corrected chi connectivity index (χ0v) is 11.0. The van der Waals surface area contributed by atoms with Crippen molar-refractivity contribution in [2.45, 2.75) is 19.0 Å². The summed E-state index contributed by atoms with van der Waals surface area (Å²) in [6.07, 6.45) is -0.760. The molecule has 1 unspecified atom stereocenters. The topological polar surface area (TPSA) is 49.8 Å². The van der Waals surface area contributed by atoms with E-state index < -0.39 is 24.5 Å². The number of carbonyl (C=O) groups is 1. The van der Waals surface area contributed by atoms with Crippen LogP contribution in [0.2, 0.25) is 0 Å². The molecular formula is C14H17F2NO3. The summed E-state index contributed by atoms with van der Waals surface area (Å²) >= 11 is 0. The van der Waals surface area contributed by atoms with Crippen molar-refractivity contribution in [1.82, 2.24) is 4.90 Å². The molecule has 1 aromatic rings. The Morgan fingerprint density at radius 3 is 2.75 bits per heavy atom. The number of rotatable bonds is 4. The number of amides is 1. The van der Waals surface area contributed by atoms with E-state index in [1.54, 1.807) is 12.1 Å². The molecular weight excluding hydrogens is 268 g/mol. The molecule has 1 saturated heterocycles. The lowest BCUT2D eigenvalue weighted by Crippen LogP contribution is -2.32. The predicted octanol–water partition coefficient (Wildman–Crippen LogP) is 2.27. The quantitative estimate of drug-likeness (QED) is 0.923. The van der Waals surface area contributed by atoms with E-state index in [1.807, 2.05) is 18.2 Å². The van der Waals surface area contributed by atoms with Crippen LogP contribution in [0.5, 0.6) is 0 Å². The van der Waals surface area contributed by atoms with Crippen molar-refractivity contribution in [3.05, 3.63) is 35.9 Å². The van der Waals surface area contributed by atoms with E-state index in [1.165, 1.54) is 0 Å². The van der Waals surface area contributed by atoms with Crippen LogP contribution < -0.4 is 0 Å². The smallest absolute Gasteiger partial charge is 0.410 e. The molecule has 0 saturated carbocycles. The average Bonchev–Trinajstić information content (AvgIpc) is 2.73. The van der Waals surface area contributed by atoms with Gasteiger partial charge in [-0.15, -0.1) is 0 Å². The predicted molar refractivity (Wildman–Crippen MR) is 68.3 cm³/mol. The monoisotopic (exact) mass is 285 g/mol. The van der Waals surface area contributed by atoms with Crippen LogP contribution in [0.3, 0.4) is 0 Å². The molecule has 20 heavy (non-hydrogen) atoms. The number of hydrogen-bond donors (Lipinski definition) is 1. The van der Waals surface area contributed by atoms with Crippen LogP contribution >= 0.6 is 0 Å². The van der Waals surface area contributed by atoms with Gasteiger partial charge in [0.25, 0.3) is 5.92 Å². The Balaban J connectivity index is 1.88. The summed E-state index contributed by atoms with van der Waals surface area (Å²) in [5.41, 5.74) is 0.804. The highest BCUT2D eigenvalue weighted by Crippen LogP contribution is 2.35. The van der Waals surface area contributed by atoms with Crippen LogP contribution in [0.4, 0.5) is 13.6 Å². The average molecular weight is 285 g/mol. The third-order valence-corrected chi connectivity index (χ3v) is 3.38. The van der Waals surface area contributed by atoms with E-state index in [2.05, 4.69) is 0 Å². The van der Waals surface area contributed by atoms with Crippen LogP contribution in [0.1, 0.15) is 12.0 Å². The van der Waals surface area contributed by atoms with E-state index in [-0.39, 0.29) is 26.2 Å². The molecule has 6 heteroatoms. The molecule has 1 aliphatic heterocycles. The van der Waals surface area contributed by atoms with E-state index in [9.17, 15) is 13.6 Å². The minimum Gasteiger partial charge on any atom is -0.445 e. The molecule has 1 N–H and O–H groups in total. The van der Waals surface area contributed by atoms with Crippen molar-refractivity contribution in [1.29, 1.82) is 0 Å². The number of aliphatic hydroxyl groups excluding tert-OH is 1. The highest BCUT2D eigenvalue weighted by atomic mass is 19.3. The maximum atomic E-state index is 13.6. The van der Waals surface area contributed by atoms with Gasteiger partial charge in [0.2, 0.25) is 0 Å². The second-order valence-corrected chi connectivity index (χ2v) is 4.89. The SMILES string of the molecule is O=C(OCc1ccccc1)N1CC(CCO)C(F)(F)C1. The van der Waals surface area contributed by atoms with Gasteiger partial charge in [-0.3, -0.25) is 0 Å². The Bertz CT molecular complexity index is 453. The van der Waals surface area contributed by atoms with Crippen LogP contribution in [0.15, 0.2) is 30.3 Å². The molecule has 4 nitrogen and oxygen atoms in total. The number of benzene rings is 1. The minimum atomic E-state index is -2.96. The Hall–Kier alpha value is -1.69. The first kappa shape index (κ1) is 14.7. The standard InChI is InChI=1S/C14H17F2NO3/c15-14(16)10-17(8-12(14)6-7-18)13(19)20-9-11-4-2-1-3-5-11/h1-5,12,18H,6-10H2. The van der Waals surface area contributed by atoms with E-state index >= 15 is 0 Å². The van der Waals surface area contributed by atoms with Crippen molar-refractivity contribution in [3.8, 4) is 0 Å². The van der Waals surface area contributed by atoms with Crippen molar-refractivity contribution in [2.24, 2.45) is 5.92 Å². The molecule has 110 valence electrons. The minimum absolute atomic E-state index is 0.0184. The van der Waals surface area contributed by atoms with Crippen LogP contribution in [-0.4, -0.2) is 41.7 Å². The first-order valence-corrected chi connectivity index (χ1v) is 6.47. The lowest BCUT2D eigenvalue weighted by molar-refractivity contribution is -0.0335. The molecule has 1 amide bonds. The van der Waals surface area contributed by atoms with Crippen molar-refractivity contribution in [2.75, 3.05) is 19.7 Å².